The zero-order valence-corrected chi connectivity index (χ0v) is 12.1. The van der Waals surface area contributed by atoms with Crippen LogP contribution in [0.15, 0.2) is 28.8 Å². The Kier molecular flexibility index (Phi) is 5.52. The molecule has 0 saturated carbocycles. The number of benzene rings is 1. The van der Waals surface area contributed by atoms with Gasteiger partial charge in [-0.3, -0.25) is 0 Å². The van der Waals surface area contributed by atoms with Crippen LogP contribution in [0.1, 0.15) is 36.2 Å². The summed E-state index contributed by atoms with van der Waals surface area (Å²) >= 11 is 5.94. The van der Waals surface area contributed by atoms with Gasteiger partial charge in [-0.1, -0.05) is 28.9 Å². The first-order valence-corrected chi connectivity index (χ1v) is 6.88. The molecule has 1 unspecified atom stereocenters. The third-order valence-corrected chi connectivity index (χ3v) is 3.15. The van der Waals surface area contributed by atoms with Gasteiger partial charge in [0.15, 0.2) is 5.82 Å². The van der Waals surface area contributed by atoms with Gasteiger partial charge in [-0.25, -0.2) is 0 Å². The van der Waals surface area contributed by atoms with Gasteiger partial charge in [0.1, 0.15) is 0 Å². The summed E-state index contributed by atoms with van der Waals surface area (Å²) in [6, 6.07) is 7.34. The summed E-state index contributed by atoms with van der Waals surface area (Å²) in [6.45, 7) is 0.678. The lowest BCUT2D eigenvalue weighted by Crippen LogP contribution is -2.11. The minimum atomic E-state index is -0.245. The first-order chi connectivity index (χ1) is 9.69. The summed E-state index contributed by atoms with van der Waals surface area (Å²) in [7, 11) is 1.67. The fourth-order valence-electron chi connectivity index (χ4n) is 1.89. The molecule has 0 saturated heterocycles. The summed E-state index contributed by atoms with van der Waals surface area (Å²) in [5.74, 6) is 1.09. The molecule has 0 aliphatic carbocycles. The maximum absolute atomic E-state index is 5.99. The van der Waals surface area contributed by atoms with Gasteiger partial charge < -0.3 is 15.0 Å². The SMILES string of the molecule is COCCCC(N)c1nc(Cc2cccc(Cl)c2)no1. The number of nitrogens with zero attached hydrogens (tertiary/aromatic N) is 2. The minimum Gasteiger partial charge on any atom is -0.385 e. The molecule has 1 aromatic heterocycles. The molecular weight excluding hydrogens is 278 g/mol. The fraction of sp³-hybridized carbons (Fsp3) is 0.429. The van der Waals surface area contributed by atoms with Crippen molar-refractivity contribution in [3.05, 3.63) is 46.6 Å². The van der Waals surface area contributed by atoms with Crippen molar-refractivity contribution in [3.8, 4) is 0 Å². The predicted octanol–water partition coefficient (Wildman–Crippen LogP) is 2.74. The van der Waals surface area contributed by atoms with Crippen molar-refractivity contribution in [2.75, 3.05) is 13.7 Å². The number of rotatable bonds is 7. The average Bonchev–Trinajstić information content (AvgIpc) is 2.87. The normalized spacial score (nSPS) is 12.6. The van der Waals surface area contributed by atoms with E-state index in [0.29, 0.717) is 29.8 Å². The van der Waals surface area contributed by atoms with Crippen LogP contribution >= 0.6 is 11.6 Å². The Balaban J connectivity index is 1.94. The third-order valence-electron chi connectivity index (χ3n) is 2.92. The number of nitrogens with two attached hydrogens (primary N) is 1. The molecule has 0 fully saturated rings. The minimum absolute atomic E-state index is 0.245. The van der Waals surface area contributed by atoms with Crippen LogP contribution in [-0.4, -0.2) is 23.9 Å². The van der Waals surface area contributed by atoms with Crippen LogP contribution in [0.3, 0.4) is 0 Å². The Labute approximate surface area is 123 Å². The Morgan fingerprint density at radius 1 is 1.45 bits per heavy atom. The van der Waals surface area contributed by atoms with Gasteiger partial charge in [0.2, 0.25) is 5.89 Å². The molecule has 20 heavy (non-hydrogen) atoms. The van der Waals surface area contributed by atoms with E-state index in [1.807, 2.05) is 24.3 Å². The molecule has 6 heteroatoms. The van der Waals surface area contributed by atoms with Gasteiger partial charge in [0, 0.05) is 25.2 Å². The first kappa shape index (κ1) is 15.0. The summed E-state index contributed by atoms with van der Waals surface area (Å²) in [5, 5.41) is 4.65. The van der Waals surface area contributed by atoms with Crippen molar-refractivity contribution in [1.29, 1.82) is 0 Å². The second-order valence-corrected chi connectivity index (χ2v) is 5.03. The van der Waals surface area contributed by atoms with Crippen molar-refractivity contribution in [2.24, 2.45) is 5.73 Å². The molecule has 2 rings (SSSR count). The highest BCUT2D eigenvalue weighted by molar-refractivity contribution is 6.30. The summed E-state index contributed by atoms with van der Waals surface area (Å²) < 4.78 is 10.2. The zero-order chi connectivity index (χ0) is 14.4. The number of halogens is 1. The van der Waals surface area contributed by atoms with E-state index >= 15 is 0 Å². The standard InChI is InChI=1S/C14H18ClN3O2/c1-19-7-3-6-12(16)14-17-13(18-20-14)9-10-4-2-5-11(15)8-10/h2,4-5,8,12H,3,6-7,9,16H2,1H3. The molecule has 1 atom stereocenters. The van der Waals surface area contributed by atoms with Crippen LogP contribution in [0.4, 0.5) is 0 Å². The largest absolute Gasteiger partial charge is 0.385 e. The van der Waals surface area contributed by atoms with Gasteiger partial charge in [-0.05, 0) is 30.5 Å². The van der Waals surface area contributed by atoms with Crippen molar-refractivity contribution in [2.45, 2.75) is 25.3 Å². The van der Waals surface area contributed by atoms with Crippen LogP contribution < -0.4 is 5.73 Å². The highest BCUT2D eigenvalue weighted by atomic mass is 35.5. The van der Waals surface area contributed by atoms with Gasteiger partial charge in [0.25, 0.3) is 0 Å². The lowest BCUT2D eigenvalue weighted by atomic mass is 10.1. The average molecular weight is 296 g/mol. The molecule has 1 heterocycles. The number of ether oxygens (including phenoxy) is 1. The maximum atomic E-state index is 5.99. The van der Waals surface area contributed by atoms with Crippen LogP contribution in [0.25, 0.3) is 0 Å². The van der Waals surface area contributed by atoms with E-state index in [0.717, 1.165) is 18.4 Å². The molecule has 1 aromatic carbocycles. The number of methoxy groups -OCH3 is 1. The molecule has 108 valence electrons. The topological polar surface area (TPSA) is 74.2 Å². The number of hydrogen-bond acceptors (Lipinski definition) is 5. The lowest BCUT2D eigenvalue weighted by Gasteiger charge is -2.04. The van der Waals surface area contributed by atoms with E-state index in [1.165, 1.54) is 0 Å². The first-order valence-electron chi connectivity index (χ1n) is 6.50. The van der Waals surface area contributed by atoms with E-state index in [4.69, 9.17) is 26.6 Å². The van der Waals surface area contributed by atoms with Crippen LogP contribution in [0.2, 0.25) is 5.02 Å². The van der Waals surface area contributed by atoms with Gasteiger partial charge in [-0.2, -0.15) is 4.98 Å². The Bertz CT molecular complexity index is 545. The van der Waals surface area contributed by atoms with Gasteiger partial charge >= 0.3 is 0 Å². The summed E-state index contributed by atoms with van der Waals surface area (Å²) in [6.07, 6.45) is 2.20. The van der Waals surface area contributed by atoms with E-state index < -0.39 is 0 Å². The summed E-state index contributed by atoms with van der Waals surface area (Å²) in [4.78, 5) is 4.33. The molecule has 5 nitrogen and oxygen atoms in total. The second kappa shape index (κ2) is 7.38. The highest BCUT2D eigenvalue weighted by Gasteiger charge is 2.14. The molecular formula is C14H18ClN3O2. The molecule has 2 N–H and O–H groups in total. The van der Waals surface area contributed by atoms with Crippen LogP contribution in [0, 0.1) is 0 Å². The Hall–Kier alpha value is -1.43. The third kappa shape index (κ3) is 4.30. The van der Waals surface area contributed by atoms with Crippen molar-refractivity contribution in [1.82, 2.24) is 10.1 Å². The van der Waals surface area contributed by atoms with E-state index in [9.17, 15) is 0 Å². The van der Waals surface area contributed by atoms with E-state index in [-0.39, 0.29) is 6.04 Å². The van der Waals surface area contributed by atoms with Gasteiger partial charge in [-0.15, -0.1) is 0 Å². The molecule has 0 aliphatic rings. The predicted molar refractivity (Wildman–Crippen MR) is 76.6 cm³/mol. The highest BCUT2D eigenvalue weighted by Crippen LogP contribution is 2.16. The van der Waals surface area contributed by atoms with Crippen molar-refractivity contribution >= 4 is 11.6 Å². The molecule has 0 amide bonds. The summed E-state index contributed by atoms with van der Waals surface area (Å²) in [5.41, 5.74) is 7.03. The Morgan fingerprint density at radius 3 is 3.05 bits per heavy atom. The quantitative estimate of drug-likeness (QED) is 0.795. The van der Waals surface area contributed by atoms with E-state index in [2.05, 4.69) is 10.1 Å². The second-order valence-electron chi connectivity index (χ2n) is 4.60. The van der Waals surface area contributed by atoms with E-state index in [1.54, 1.807) is 7.11 Å². The molecule has 0 aliphatic heterocycles. The maximum Gasteiger partial charge on any atom is 0.243 e. The number of aromatic nitrogens is 2. The molecule has 0 spiro atoms. The molecule has 0 radical (unpaired) electrons. The van der Waals surface area contributed by atoms with Gasteiger partial charge in [0.05, 0.1) is 6.04 Å². The monoisotopic (exact) mass is 295 g/mol. The lowest BCUT2D eigenvalue weighted by molar-refractivity contribution is 0.188. The molecule has 2 aromatic rings. The Morgan fingerprint density at radius 2 is 2.30 bits per heavy atom. The van der Waals surface area contributed by atoms with Crippen LogP contribution in [0.5, 0.6) is 0 Å². The number of hydrogen-bond donors (Lipinski definition) is 1. The zero-order valence-electron chi connectivity index (χ0n) is 11.4. The van der Waals surface area contributed by atoms with Crippen LogP contribution in [-0.2, 0) is 11.2 Å². The molecule has 0 bridgehead atoms. The van der Waals surface area contributed by atoms with Crippen molar-refractivity contribution < 1.29 is 9.26 Å². The van der Waals surface area contributed by atoms with Crippen molar-refractivity contribution in [3.63, 3.8) is 0 Å². The smallest absolute Gasteiger partial charge is 0.243 e. The fourth-order valence-corrected chi connectivity index (χ4v) is 2.10.